The largest absolute Gasteiger partial charge is 0.490 e. The van der Waals surface area contributed by atoms with Crippen molar-refractivity contribution in [1.82, 2.24) is 5.32 Å². The first-order valence-electron chi connectivity index (χ1n) is 7.99. The van der Waals surface area contributed by atoms with Crippen LogP contribution in [-0.4, -0.2) is 19.1 Å². The first kappa shape index (κ1) is 17.9. The lowest BCUT2D eigenvalue weighted by atomic mass is 10.1. The molecule has 0 fully saturated rings. The molecule has 1 N–H and O–H groups in total. The van der Waals surface area contributed by atoms with Crippen molar-refractivity contribution < 1.29 is 18.7 Å². The maximum Gasteiger partial charge on any atom is 0.223 e. The summed E-state index contributed by atoms with van der Waals surface area (Å²) in [6, 6.07) is 14.0. The van der Waals surface area contributed by atoms with Gasteiger partial charge in [0.1, 0.15) is 0 Å². The number of hydrogen-bond acceptors (Lipinski definition) is 3. The zero-order valence-electron chi connectivity index (χ0n) is 13.8. The Labute approximate surface area is 141 Å². The number of amides is 1. The molecular weight excluding hydrogens is 309 g/mol. The molecule has 0 aliphatic rings. The van der Waals surface area contributed by atoms with E-state index in [1.165, 1.54) is 12.1 Å². The molecule has 0 spiro atoms. The van der Waals surface area contributed by atoms with Gasteiger partial charge in [-0.15, -0.1) is 0 Å². The van der Waals surface area contributed by atoms with Gasteiger partial charge in [-0.2, -0.15) is 0 Å². The second-order valence-electron chi connectivity index (χ2n) is 5.21. The lowest BCUT2D eigenvalue weighted by Crippen LogP contribution is -2.25. The maximum absolute atomic E-state index is 13.4. The fourth-order valence-electron chi connectivity index (χ4n) is 2.18. The zero-order chi connectivity index (χ0) is 17.2. The molecule has 0 aliphatic carbocycles. The molecule has 0 radical (unpaired) electrons. The van der Waals surface area contributed by atoms with E-state index in [0.717, 1.165) is 11.1 Å². The summed E-state index contributed by atoms with van der Waals surface area (Å²) in [7, 11) is 0. The van der Waals surface area contributed by atoms with Gasteiger partial charge in [0, 0.05) is 13.2 Å². The van der Waals surface area contributed by atoms with Crippen LogP contribution in [0, 0.1) is 5.82 Å². The highest BCUT2D eigenvalue weighted by Gasteiger charge is 2.07. The fourth-order valence-corrected chi connectivity index (χ4v) is 2.18. The van der Waals surface area contributed by atoms with E-state index in [4.69, 9.17) is 9.47 Å². The Hall–Kier alpha value is -2.40. The van der Waals surface area contributed by atoms with Crippen LogP contribution >= 0.6 is 0 Å². The third kappa shape index (κ3) is 5.66. The molecule has 1 amide bonds. The average molecular weight is 331 g/mol. The third-order valence-electron chi connectivity index (χ3n) is 3.48. The number of rotatable bonds is 9. The quantitative estimate of drug-likeness (QED) is 0.765. The lowest BCUT2D eigenvalue weighted by Gasteiger charge is -2.11. The zero-order valence-corrected chi connectivity index (χ0v) is 13.8. The number of carbonyl (C=O) groups excluding carboxylic acids is 1. The van der Waals surface area contributed by atoms with Gasteiger partial charge in [-0.3, -0.25) is 4.79 Å². The third-order valence-corrected chi connectivity index (χ3v) is 3.48. The summed E-state index contributed by atoms with van der Waals surface area (Å²) < 4.78 is 24.1. The van der Waals surface area contributed by atoms with Crippen LogP contribution in [0.25, 0.3) is 0 Å². The van der Waals surface area contributed by atoms with Crippen LogP contribution in [0.5, 0.6) is 5.75 Å². The Kier molecular flexibility index (Phi) is 7.23. The van der Waals surface area contributed by atoms with Crippen molar-refractivity contribution in [3.8, 4) is 5.75 Å². The molecule has 0 bridgehead atoms. The monoisotopic (exact) mass is 331 g/mol. The lowest BCUT2D eigenvalue weighted by molar-refractivity contribution is -0.121. The number of para-hydroxylation sites is 1. The van der Waals surface area contributed by atoms with E-state index < -0.39 is 5.82 Å². The first-order chi connectivity index (χ1) is 11.7. The highest BCUT2D eigenvalue weighted by Crippen LogP contribution is 2.15. The van der Waals surface area contributed by atoms with Crippen molar-refractivity contribution in [3.05, 3.63) is 65.5 Å². The summed E-state index contributed by atoms with van der Waals surface area (Å²) in [6.45, 7) is 3.68. The summed E-state index contributed by atoms with van der Waals surface area (Å²) in [5, 5.41) is 2.85. The van der Waals surface area contributed by atoms with Gasteiger partial charge in [-0.05, 0) is 30.2 Å². The number of halogens is 1. The Morgan fingerprint density at radius 2 is 1.79 bits per heavy atom. The second-order valence-corrected chi connectivity index (χ2v) is 5.21. The molecule has 0 aliphatic heterocycles. The molecule has 0 saturated carbocycles. The second kappa shape index (κ2) is 9.67. The molecule has 5 heteroatoms. The average Bonchev–Trinajstić information content (AvgIpc) is 2.60. The predicted molar refractivity (Wildman–Crippen MR) is 90.1 cm³/mol. The SMILES string of the molecule is CCOCc1ccccc1CNC(=O)CCOc1ccccc1F. The van der Waals surface area contributed by atoms with Gasteiger partial charge < -0.3 is 14.8 Å². The number of carbonyl (C=O) groups is 1. The molecule has 24 heavy (non-hydrogen) atoms. The molecule has 4 nitrogen and oxygen atoms in total. The van der Waals surface area contributed by atoms with E-state index in [0.29, 0.717) is 19.8 Å². The fraction of sp³-hybridized carbons (Fsp3) is 0.316. The molecule has 0 atom stereocenters. The van der Waals surface area contributed by atoms with Gasteiger partial charge in [0.15, 0.2) is 11.6 Å². The number of nitrogens with one attached hydrogen (secondary N) is 1. The van der Waals surface area contributed by atoms with E-state index >= 15 is 0 Å². The van der Waals surface area contributed by atoms with E-state index in [2.05, 4.69) is 5.32 Å². The minimum absolute atomic E-state index is 0.132. The van der Waals surface area contributed by atoms with Crippen LogP contribution in [0.4, 0.5) is 4.39 Å². The van der Waals surface area contributed by atoms with Crippen molar-refractivity contribution in [2.75, 3.05) is 13.2 Å². The number of ether oxygens (including phenoxy) is 2. The highest BCUT2D eigenvalue weighted by molar-refractivity contribution is 5.76. The summed E-state index contributed by atoms with van der Waals surface area (Å²) in [5.41, 5.74) is 2.08. The number of hydrogen-bond donors (Lipinski definition) is 1. The molecule has 2 aromatic rings. The molecular formula is C19H22FNO3. The Bertz CT molecular complexity index is 661. The minimum Gasteiger partial charge on any atom is -0.490 e. The Morgan fingerprint density at radius 3 is 2.54 bits per heavy atom. The maximum atomic E-state index is 13.4. The molecule has 0 aromatic heterocycles. The Morgan fingerprint density at radius 1 is 1.08 bits per heavy atom. The van der Waals surface area contributed by atoms with Gasteiger partial charge in [0.05, 0.1) is 19.6 Å². The van der Waals surface area contributed by atoms with Gasteiger partial charge >= 0.3 is 0 Å². The molecule has 0 unspecified atom stereocenters. The van der Waals surface area contributed by atoms with Gasteiger partial charge in [0.25, 0.3) is 0 Å². The summed E-state index contributed by atoms with van der Waals surface area (Å²) in [6.07, 6.45) is 0.169. The van der Waals surface area contributed by atoms with Gasteiger partial charge in [-0.1, -0.05) is 36.4 Å². The summed E-state index contributed by atoms with van der Waals surface area (Å²) in [5.74, 6) is -0.410. The first-order valence-corrected chi connectivity index (χ1v) is 7.99. The van der Waals surface area contributed by atoms with Crippen molar-refractivity contribution in [2.24, 2.45) is 0 Å². The van der Waals surface area contributed by atoms with Crippen LogP contribution in [-0.2, 0) is 22.7 Å². The predicted octanol–water partition coefficient (Wildman–Crippen LogP) is 3.45. The van der Waals surface area contributed by atoms with Crippen molar-refractivity contribution in [3.63, 3.8) is 0 Å². The topological polar surface area (TPSA) is 47.6 Å². The van der Waals surface area contributed by atoms with E-state index in [1.807, 2.05) is 31.2 Å². The van der Waals surface area contributed by atoms with Crippen molar-refractivity contribution >= 4 is 5.91 Å². The van der Waals surface area contributed by atoms with Crippen molar-refractivity contribution in [1.29, 1.82) is 0 Å². The normalized spacial score (nSPS) is 10.4. The standard InChI is InChI=1S/C19H22FNO3/c1-2-23-14-16-8-4-3-7-15(16)13-21-19(22)11-12-24-18-10-6-5-9-17(18)20/h3-10H,2,11-14H2,1H3,(H,21,22). The molecule has 128 valence electrons. The Balaban J connectivity index is 1.76. The number of benzene rings is 2. The van der Waals surface area contributed by atoms with Crippen LogP contribution in [0.15, 0.2) is 48.5 Å². The van der Waals surface area contributed by atoms with Crippen LogP contribution in [0.1, 0.15) is 24.5 Å². The van der Waals surface area contributed by atoms with E-state index in [-0.39, 0.29) is 24.7 Å². The molecule has 0 saturated heterocycles. The highest BCUT2D eigenvalue weighted by atomic mass is 19.1. The smallest absolute Gasteiger partial charge is 0.223 e. The molecule has 2 aromatic carbocycles. The van der Waals surface area contributed by atoms with Gasteiger partial charge in [0.2, 0.25) is 5.91 Å². The minimum atomic E-state index is -0.428. The van der Waals surface area contributed by atoms with Crippen LogP contribution in [0.2, 0.25) is 0 Å². The van der Waals surface area contributed by atoms with Crippen molar-refractivity contribution in [2.45, 2.75) is 26.5 Å². The van der Waals surface area contributed by atoms with E-state index in [9.17, 15) is 9.18 Å². The molecule has 2 rings (SSSR count). The van der Waals surface area contributed by atoms with Gasteiger partial charge in [-0.25, -0.2) is 4.39 Å². The summed E-state index contributed by atoms with van der Waals surface area (Å²) in [4.78, 5) is 11.9. The van der Waals surface area contributed by atoms with E-state index in [1.54, 1.807) is 12.1 Å². The van der Waals surface area contributed by atoms with Crippen LogP contribution < -0.4 is 10.1 Å². The summed E-state index contributed by atoms with van der Waals surface area (Å²) >= 11 is 0. The molecule has 0 heterocycles. The van der Waals surface area contributed by atoms with Crippen LogP contribution in [0.3, 0.4) is 0 Å².